The van der Waals surface area contributed by atoms with Crippen molar-refractivity contribution in [1.29, 1.82) is 0 Å². The fourth-order valence-electron chi connectivity index (χ4n) is 2.25. The predicted molar refractivity (Wildman–Crippen MR) is 92.6 cm³/mol. The molecular weight excluding hydrogens is 316 g/mol. The summed E-state index contributed by atoms with van der Waals surface area (Å²) in [6.07, 6.45) is 1.27. The monoisotopic (exact) mass is 338 g/mol. The summed E-state index contributed by atoms with van der Waals surface area (Å²) >= 11 is 1.59. The zero-order valence-corrected chi connectivity index (χ0v) is 14.2. The summed E-state index contributed by atoms with van der Waals surface area (Å²) in [5.41, 5.74) is 6.72. The molecule has 0 aliphatic rings. The molecule has 2 aromatic rings. The number of benzene rings is 1. The fraction of sp³-hybridized carbons (Fsp3) is 0.375. The maximum Gasteiger partial charge on any atom is 0.214 e. The summed E-state index contributed by atoms with van der Waals surface area (Å²) in [7, 11) is -3.27. The lowest BCUT2D eigenvalue weighted by atomic mass is 10.1. The molecule has 0 fully saturated rings. The topological polar surface area (TPSA) is 63.4 Å². The van der Waals surface area contributed by atoms with E-state index in [4.69, 9.17) is 5.73 Å². The average Bonchev–Trinajstić information content (AvgIpc) is 3.04. The molecule has 0 unspecified atom stereocenters. The second-order valence-electron chi connectivity index (χ2n) is 5.07. The summed E-state index contributed by atoms with van der Waals surface area (Å²) in [5, 5.41) is 1.97. The van der Waals surface area contributed by atoms with Crippen molar-refractivity contribution in [3.8, 4) is 0 Å². The van der Waals surface area contributed by atoms with Gasteiger partial charge >= 0.3 is 0 Å². The molecule has 0 bridgehead atoms. The molecule has 2 N–H and O–H groups in total. The van der Waals surface area contributed by atoms with Crippen molar-refractivity contribution in [3.05, 3.63) is 58.3 Å². The van der Waals surface area contributed by atoms with Crippen LogP contribution in [0.3, 0.4) is 0 Å². The van der Waals surface area contributed by atoms with Crippen LogP contribution in [0, 0.1) is 0 Å². The minimum absolute atomic E-state index is 0.141. The standard InChI is InChI=1S/C16H22N2O2S2/c17-10-12-18(11-8-15-5-2-1-3-6-15)22(19,20)14-9-16-7-4-13-21-16/h1-7,13H,8-12,14,17H2. The molecule has 0 amide bonds. The Hall–Kier alpha value is -1.21. The number of hydrogen-bond donors (Lipinski definition) is 1. The third-order valence-corrected chi connectivity index (χ3v) is 6.26. The van der Waals surface area contributed by atoms with Gasteiger partial charge in [-0.25, -0.2) is 12.7 Å². The van der Waals surface area contributed by atoms with Gasteiger partial charge < -0.3 is 5.73 Å². The first-order chi connectivity index (χ1) is 10.6. The SMILES string of the molecule is NCCN(CCc1ccccc1)S(=O)(=O)CCc1cccs1. The molecule has 0 atom stereocenters. The highest BCUT2D eigenvalue weighted by atomic mass is 32.2. The molecule has 4 nitrogen and oxygen atoms in total. The van der Waals surface area contributed by atoms with E-state index in [1.54, 1.807) is 11.3 Å². The van der Waals surface area contributed by atoms with Crippen LogP contribution in [0.25, 0.3) is 0 Å². The van der Waals surface area contributed by atoms with Crippen molar-refractivity contribution < 1.29 is 8.42 Å². The van der Waals surface area contributed by atoms with Gasteiger partial charge in [0.05, 0.1) is 5.75 Å². The second-order valence-corrected chi connectivity index (χ2v) is 8.19. The molecule has 2 rings (SSSR count). The van der Waals surface area contributed by atoms with Gasteiger partial charge in [0.2, 0.25) is 10.0 Å². The van der Waals surface area contributed by atoms with E-state index in [1.165, 1.54) is 4.31 Å². The highest BCUT2D eigenvalue weighted by molar-refractivity contribution is 7.89. The summed E-state index contributed by atoms with van der Waals surface area (Å²) in [4.78, 5) is 1.10. The van der Waals surface area contributed by atoms with Crippen molar-refractivity contribution in [3.63, 3.8) is 0 Å². The van der Waals surface area contributed by atoms with E-state index in [1.807, 2.05) is 47.8 Å². The van der Waals surface area contributed by atoms with Gasteiger partial charge in [-0.1, -0.05) is 36.4 Å². The Balaban J connectivity index is 1.95. The van der Waals surface area contributed by atoms with Crippen LogP contribution in [0.1, 0.15) is 10.4 Å². The van der Waals surface area contributed by atoms with Gasteiger partial charge in [0.15, 0.2) is 0 Å². The van der Waals surface area contributed by atoms with Crippen LogP contribution < -0.4 is 5.73 Å². The van der Waals surface area contributed by atoms with Crippen LogP contribution in [0.15, 0.2) is 47.8 Å². The van der Waals surface area contributed by atoms with Crippen LogP contribution in [0.2, 0.25) is 0 Å². The molecule has 1 heterocycles. The molecule has 0 aliphatic carbocycles. The van der Waals surface area contributed by atoms with E-state index in [0.717, 1.165) is 10.4 Å². The summed E-state index contributed by atoms with van der Waals surface area (Å²) < 4.78 is 26.5. The minimum Gasteiger partial charge on any atom is -0.329 e. The number of nitrogens with two attached hydrogens (primary N) is 1. The van der Waals surface area contributed by atoms with Crippen molar-refractivity contribution in [2.75, 3.05) is 25.4 Å². The maximum atomic E-state index is 12.5. The number of thiophene rings is 1. The molecule has 120 valence electrons. The third kappa shape index (κ3) is 5.21. The number of sulfonamides is 1. The zero-order valence-electron chi connectivity index (χ0n) is 12.5. The number of nitrogens with zero attached hydrogens (tertiary/aromatic N) is 1. The second kappa shape index (κ2) is 8.43. The first kappa shape index (κ1) is 17.1. The molecule has 0 aliphatic heterocycles. The lowest BCUT2D eigenvalue weighted by Gasteiger charge is -2.21. The van der Waals surface area contributed by atoms with E-state index in [-0.39, 0.29) is 5.75 Å². The Bertz CT molecular complexity index is 640. The molecule has 0 spiro atoms. The normalized spacial score (nSPS) is 11.9. The third-order valence-electron chi connectivity index (χ3n) is 3.45. The largest absolute Gasteiger partial charge is 0.329 e. The Kier molecular flexibility index (Phi) is 6.57. The van der Waals surface area contributed by atoms with Gasteiger partial charge in [0.1, 0.15) is 0 Å². The Morgan fingerprint density at radius 2 is 1.77 bits per heavy atom. The highest BCUT2D eigenvalue weighted by Crippen LogP contribution is 2.12. The van der Waals surface area contributed by atoms with Crippen LogP contribution in [0.5, 0.6) is 0 Å². The Morgan fingerprint density at radius 1 is 1.00 bits per heavy atom. The average molecular weight is 338 g/mol. The number of rotatable bonds is 9. The number of aryl methyl sites for hydroxylation is 1. The van der Waals surface area contributed by atoms with Crippen molar-refractivity contribution in [2.24, 2.45) is 5.73 Å². The van der Waals surface area contributed by atoms with E-state index < -0.39 is 10.0 Å². The van der Waals surface area contributed by atoms with Crippen molar-refractivity contribution in [1.82, 2.24) is 4.31 Å². The van der Waals surface area contributed by atoms with Crippen molar-refractivity contribution in [2.45, 2.75) is 12.8 Å². The van der Waals surface area contributed by atoms with E-state index >= 15 is 0 Å². The Morgan fingerprint density at radius 3 is 2.41 bits per heavy atom. The van der Waals surface area contributed by atoms with E-state index in [2.05, 4.69) is 0 Å². The summed E-state index contributed by atoms with van der Waals surface area (Å²) in [5.74, 6) is 0.141. The van der Waals surface area contributed by atoms with Crippen molar-refractivity contribution >= 4 is 21.4 Å². The summed E-state index contributed by atoms with van der Waals surface area (Å²) in [6.45, 7) is 1.20. The van der Waals surface area contributed by atoms with Crippen LogP contribution in [0.4, 0.5) is 0 Å². The molecule has 0 saturated heterocycles. The molecular formula is C16H22N2O2S2. The van der Waals surface area contributed by atoms with Crippen LogP contribution in [-0.2, 0) is 22.9 Å². The predicted octanol–water partition coefficient (Wildman–Crippen LogP) is 2.12. The van der Waals surface area contributed by atoms with Crippen LogP contribution >= 0.6 is 11.3 Å². The molecule has 22 heavy (non-hydrogen) atoms. The first-order valence-electron chi connectivity index (χ1n) is 7.36. The molecule has 0 radical (unpaired) electrons. The Labute approximate surface area is 136 Å². The molecule has 0 saturated carbocycles. The first-order valence-corrected chi connectivity index (χ1v) is 9.85. The summed E-state index contributed by atoms with van der Waals surface area (Å²) in [6, 6.07) is 13.8. The van der Waals surface area contributed by atoms with Gasteiger partial charge in [-0.15, -0.1) is 11.3 Å². The van der Waals surface area contributed by atoms with Gasteiger partial charge in [0.25, 0.3) is 0 Å². The van der Waals surface area contributed by atoms with Gasteiger partial charge in [-0.05, 0) is 29.9 Å². The number of hydrogen-bond acceptors (Lipinski definition) is 4. The van der Waals surface area contributed by atoms with E-state index in [0.29, 0.717) is 32.5 Å². The maximum absolute atomic E-state index is 12.5. The lowest BCUT2D eigenvalue weighted by Crippen LogP contribution is -2.38. The molecule has 6 heteroatoms. The minimum atomic E-state index is -3.27. The van der Waals surface area contributed by atoms with E-state index in [9.17, 15) is 8.42 Å². The molecule has 1 aromatic heterocycles. The smallest absolute Gasteiger partial charge is 0.214 e. The highest BCUT2D eigenvalue weighted by Gasteiger charge is 2.21. The van der Waals surface area contributed by atoms with Gasteiger partial charge in [-0.3, -0.25) is 0 Å². The molecule has 1 aromatic carbocycles. The van der Waals surface area contributed by atoms with Gasteiger partial charge in [0, 0.05) is 24.5 Å². The van der Waals surface area contributed by atoms with Crippen LogP contribution in [-0.4, -0.2) is 38.1 Å². The lowest BCUT2D eigenvalue weighted by molar-refractivity contribution is 0.421. The van der Waals surface area contributed by atoms with Gasteiger partial charge in [-0.2, -0.15) is 0 Å². The fourth-order valence-corrected chi connectivity index (χ4v) is 4.57. The zero-order chi connectivity index (χ0) is 15.8. The quantitative estimate of drug-likeness (QED) is 0.762.